The van der Waals surface area contributed by atoms with Crippen molar-refractivity contribution in [2.24, 2.45) is 11.8 Å². The van der Waals surface area contributed by atoms with E-state index in [0.29, 0.717) is 22.9 Å². The number of fused-ring (bicyclic) bond motifs is 2. The smallest absolute Gasteiger partial charge is 0.226 e. The molecule has 3 N–H and O–H groups in total. The standard InChI is InChI=1S/C19H26ClN5O5/c1-29-9-19(28)13(8-26)30-17(14(19)27)25-16-12(5-21-25)15(22-18(20)23-16)24-6-10-3-2-4-11(10)7-24/h5,10-11,13-14,17,26-28H,2-4,6-9H2,1H3/t10-,11+,13-,14+,17-,19-/m1/s1. The van der Waals surface area contributed by atoms with Gasteiger partial charge in [0.2, 0.25) is 5.28 Å². The molecule has 0 radical (unpaired) electrons. The Balaban J connectivity index is 1.52. The summed E-state index contributed by atoms with van der Waals surface area (Å²) < 4.78 is 12.2. The molecule has 2 aromatic heterocycles. The molecule has 0 unspecified atom stereocenters. The average molecular weight is 440 g/mol. The summed E-state index contributed by atoms with van der Waals surface area (Å²) in [6.07, 6.45) is 1.92. The molecule has 0 spiro atoms. The van der Waals surface area contributed by atoms with Crippen LogP contribution in [0, 0.1) is 11.8 Å². The Kier molecular flexibility index (Phi) is 5.11. The van der Waals surface area contributed by atoms with Crippen LogP contribution in [0.4, 0.5) is 5.82 Å². The molecule has 2 saturated heterocycles. The number of aromatic nitrogens is 4. The van der Waals surface area contributed by atoms with E-state index in [2.05, 4.69) is 20.0 Å². The van der Waals surface area contributed by atoms with Gasteiger partial charge in [0, 0.05) is 20.2 Å². The second-order valence-corrected chi connectivity index (χ2v) is 8.90. The fraction of sp³-hybridized carbons (Fsp3) is 0.737. The van der Waals surface area contributed by atoms with Crippen molar-refractivity contribution in [3.8, 4) is 0 Å². The quantitative estimate of drug-likeness (QED) is 0.565. The number of hydrogen-bond donors (Lipinski definition) is 3. The minimum atomic E-state index is -1.78. The molecule has 164 valence electrons. The lowest BCUT2D eigenvalue weighted by molar-refractivity contribution is -0.126. The first-order valence-electron chi connectivity index (χ1n) is 10.3. The number of ether oxygens (including phenoxy) is 2. The molecule has 6 atom stereocenters. The van der Waals surface area contributed by atoms with Crippen molar-refractivity contribution in [1.82, 2.24) is 19.7 Å². The highest BCUT2D eigenvalue weighted by atomic mass is 35.5. The highest BCUT2D eigenvalue weighted by molar-refractivity contribution is 6.28. The molecule has 2 aromatic rings. The second kappa shape index (κ2) is 7.54. The normalized spacial score (nSPS) is 36.2. The largest absolute Gasteiger partial charge is 0.394 e. The molecule has 0 aromatic carbocycles. The predicted molar refractivity (Wildman–Crippen MR) is 107 cm³/mol. The Labute approximate surface area is 178 Å². The van der Waals surface area contributed by atoms with Crippen LogP contribution in [0.5, 0.6) is 0 Å². The number of aliphatic hydroxyl groups excluding tert-OH is 2. The van der Waals surface area contributed by atoms with Crippen LogP contribution in [-0.4, -0.2) is 86.3 Å². The molecular weight excluding hydrogens is 414 g/mol. The van der Waals surface area contributed by atoms with Gasteiger partial charge in [0.05, 0.1) is 24.8 Å². The first-order valence-corrected chi connectivity index (χ1v) is 10.7. The van der Waals surface area contributed by atoms with Gasteiger partial charge in [0.1, 0.15) is 23.6 Å². The van der Waals surface area contributed by atoms with Crippen LogP contribution in [0.2, 0.25) is 5.28 Å². The van der Waals surface area contributed by atoms with E-state index in [4.69, 9.17) is 21.1 Å². The van der Waals surface area contributed by atoms with E-state index in [-0.39, 0.29) is 11.9 Å². The lowest BCUT2D eigenvalue weighted by Gasteiger charge is -2.29. The number of rotatable bonds is 5. The molecule has 1 saturated carbocycles. The molecular formula is C19H26ClN5O5. The molecule has 10 nitrogen and oxygen atoms in total. The van der Waals surface area contributed by atoms with Crippen molar-refractivity contribution >= 4 is 28.5 Å². The summed E-state index contributed by atoms with van der Waals surface area (Å²) in [5.41, 5.74) is -1.37. The van der Waals surface area contributed by atoms with E-state index in [1.54, 1.807) is 6.20 Å². The SMILES string of the molecule is COC[C@@]1(O)[C@@H](CO)O[C@@H](n2ncc3c(N4C[C@H]5CCC[C@H]5C4)nc(Cl)nc32)[C@@H]1O. The lowest BCUT2D eigenvalue weighted by Crippen LogP contribution is -2.52. The zero-order chi connectivity index (χ0) is 21.0. The van der Waals surface area contributed by atoms with Gasteiger partial charge in [-0.1, -0.05) is 6.42 Å². The summed E-state index contributed by atoms with van der Waals surface area (Å²) in [4.78, 5) is 11.0. The number of methoxy groups -OCH3 is 1. The van der Waals surface area contributed by atoms with Crippen LogP contribution in [0.15, 0.2) is 6.20 Å². The van der Waals surface area contributed by atoms with E-state index >= 15 is 0 Å². The monoisotopic (exact) mass is 439 g/mol. The van der Waals surface area contributed by atoms with Crippen molar-refractivity contribution in [3.63, 3.8) is 0 Å². The first kappa shape index (κ1) is 20.3. The molecule has 0 amide bonds. The van der Waals surface area contributed by atoms with Crippen molar-refractivity contribution in [2.45, 2.75) is 43.3 Å². The molecule has 2 aliphatic heterocycles. The van der Waals surface area contributed by atoms with Gasteiger partial charge in [-0.05, 0) is 36.3 Å². The summed E-state index contributed by atoms with van der Waals surface area (Å²) in [7, 11) is 1.40. The van der Waals surface area contributed by atoms with Gasteiger partial charge < -0.3 is 29.7 Å². The number of anilines is 1. The van der Waals surface area contributed by atoms with E-state index in [1.165, 1.54) is 31.1 Å². The number of aliphatic hydroxyl groups is 3. The van der Waals surface area contributed by atoms with Crippen molar-refractivity contribution in [3.05, 3.63) is 11.5 Å². The van der Waals surface area contributed by atoms with Crippen LogP contribution in [0.25, 0.3) is 11.0 Å². The Morgan fingerprint density at radius 2 is 2.03 bits per heavy atom. The van der Waals surface area contributed by atoms with Crippen LogP contribution in [0.3, 0.4) is 0 Å². The van der Waals surface area contributed by atoms with Crippen molar-refractivity contribution < 1.29 is 24.8 Å². The van der Waals surface area contributed by atoms with Crippen LogP contribution in [-0.2, 0) is 9.47 Å². The minimum Gasteiger partial charge on any atom is -0.394 e. The van der Waals surface area contributed by atoms with E-state index < -0.39 is 30.6 Å². The van der Waals surface area contributed by atoms with Gasteiger partial charge in [0.15, 0.2) is 11.9 Å². The van der Waals surface area contributed by atoms with Crippen molar-refractivity contribution in [2.75, 3.05) is 38.3 Å². The molecule has 3 aliphatic rings. The molecule has 3 fully saturated rings. The highest BCUT2D eigenvalue weighted by Gasteiger charge is 2.56. The van der Waals surface area contributed by atoms with Gasteiger partial charge in [-0.3, -0.25) is 0 Å². The van der Waals surface area contributed by atoms with Gasteiger partial charge >= 0.3 is 0 Å². The second-order valence-electron chi connectivity index (χ2n) is 8.57. The first-order chi connectivity index (χ1) is 14.5. The van der Waals surface area contributed by atoms with E-state index in [9.17, 15) is 15.3 Å². The van der Waals surface area contributed by atoms with Crippen LogP contribution >= 0.6 is 11.6 Å². The Bertz CT molecular complexity index is 931. The predicted octanol–water partition coefficient (Wildman–Crippen LogP) is 0.344. The third kappa shape index (κ3) is 3.01. The van der Waals surface area contributed by atoms with E-state index in [1.807, 2.05) is 0 Å². The average Bonchev–Trinajstić information content (AvgIpc) is 3.45. The Morgan fingerprint density at radius 1 is 1.30 bits per heavy atom. The zero-order valence-electron chi connectivity index (χ0n) is 16.7. The number of hydrogen-bond acceptors (Lipinski definition) is 9. The third-order valence-corrected chi connectivity index (χ3v) is 7.03. The fourth-order valence-electron chi connectivity index (χ4n) is 5.32. The number of nitrogens with zero attached hydrogens (tertiary/aromatic N) is 5. The summed E-state index contributed by atoms with van der Waals surface area (Å²) in [5, 5.41) is 36.5. The fourth-order valence-corrected chi connectivity index (χ4v) is 5.48. The summed E-state index contributed by atoms with van der Waals surface area (Å²) in [6, 6.07) is 0. The maximum Gasteiger partial charge on any atom is 0.226 e. The van der Waals surface area contributed by atoms with Gasteiger partial charge in [-0.25, -0.2) is 4.68 Å². The van der Waals surface area contributed by atoms with Gasteiger partial charge in [0.25, 0.3) is 0 Å². The third-order valence-electron chi connectivity index (χ3n) is 6.86. The van der Waals surface area contributed by atoms with Crippen molar-refractivity contribution in [1.29, 1.82) is 0 Å². The maximum absolute atomic E-state index is 10.9. The highest BCUT2D eigenvalue weighted by Crippen LogP contribution is 2.42. The number of halogens is 1. The van der Waals surface area contributed by atoms with Gasteiger partial charge in [-0.15, -0.1) is 0 Å². The molecule has 0 bridgehead atoms. The maximum atomic E-state index is 10.9. The minimum absolute atomic E-state index is 0.0784. The van der Waals surface area contributed by atoms with Crippen LogP contribution in [0.1, 0.15) is 25.5 Å². The Morgan fingerprint density at radius 3 is 2.70 bits per heavy atom. The summed E-state index contributed by atoms with van der Waals surface area (Å²) in [5.74, 6) is 2.08. The molecule has 30 heavy (non-hydrogen) atoms. The van der Waals surface area contributed by atoms with E-state index in [0.717, 1.165) is 18.9 Å². The lowest BCUT2D eigenvalue weighted by atomic mass is 9.93. The topological polar surface area (TPSA) is 126 Å². The summed E-state index contributed by atoms with van der Waals surface area (Å²) in [6.45, 7) is 1.18. The molecule has 1 aliphatic carbocycles. The summed E-state index contributed by atoms with van der Waals surface area (Å²) >= 11 is 6.25. The molecule has 5 rings (SSSR count). The Hall–Kier alpha value is -1.56. The molecule has 11 heteroatoms. The van der Waals surface area contributed by atoms with Gasteiger partial charge in [-0.2, -0.15) is 15.1 Å². The van der Waals surface area contributed by atoms with Crippen LogP contribution < -0.4 is 4.90 Å². The zero-order valence-corrected chi connectivity index (χ0v) is 17.4. The molecule has 4 heterocycles.